The van der Waals surface area contributed by atoms with Crippen LogP contribution < -0.4 is 5.32 Å². The molecule has 1 aromatic heterocycles. The Bertz CT molecular complexity index is 1010. The van der Waals surface area contributed by atoms with Crippen LogP contribution >= 0.6 is 23.4 Å². The number of carbonyl (C=O) groups excluding carboxylic acids is 1. The molecule has 0 saturated carbocycles. The van der Waals surface area contributed by atoms with E-state index in [-0.39, 0.29) is 23.9 Å². The quantitative estimate of drug-likeness (QED) is 0.358. The molecular weight excluding hydrogens is 402 g/mol. The summed E-state index contributed by atoms with van der Waals surface area (Å²) >= 11 is 7.43. The molecule has 3 aromatic rings. The van der Waals surface area contributed by atoms with Crippen LogP contribution in [0.3, 0.4) is 0 Å². The van der Waals surface area contributed by atoms with Gasteiger partial charge in [0.05, 0.1) is 16.4 Å². The van der Waals surface area contributed by atoms with Crippen molar-refractivity contribution in [3.8, 4) is 5.69 Å². The van der Waals surface area contributed by atoms with E-state index in [4.69, 9.17) is 11.6 Å². The number of nitro benzene ring substituents is 1. The van der Waals surface area contributed by atoms with Gasteiger partial charge in [0.2, 0.25) is 5.91 Å². The van der Waals surface area contributed by atoms with Gasteiger partial charge in [-0.15, -0.1) is 10.2 Å². The minimum Gasteiger partial charge on any atom is -0.351 e. The molecular formula is C18H16ClN5O3S. The number of hydrogen-bond acceptors (Lipinski definition) is 6. The fourth-order valence-corrected chi connectivity index (χ4v) is 3.28. The van der Waals surface area contributed by atoms with E-state index in [1.54, 1.807) is 23.0 Å². The Morgan fingerprint density at radius 2 is 2.04 bits per heavy atom. The molecule has 10 heteroatoms. The molecule has 0 unspecified atom stereocenters. The van der Waals surface area contributed by atoms with Gasteiger partial charge in [0, 0.05) is 23.7 Å². The van der Waals surface area contributed by atoms with Crippen molar-refractivity contribution in [3.63, 3.8) is 0 Å². The van der Waals surface area contributed by atoms with Gasteiger partial charge in [-0.1, -0.05) is 41.6 Å². The summed E-state index contributed by atoms with van der Waals surface area (Å²) in [6, 6.07) is 11.7. The first kappa shape index (κ1) is 19.8. The fourth-order valence-electron chi connectivity index (χ4n) is 2.35. The molecule has 3 rings (SSSR count). The zero-order valence-corrected chi connectivity index (χ0v) is 16.4. The molecule has 0 spiro atoms. The molecule has 28 heavy (non-hydrogen) atoms. The van der Waals surface area contributed by atoms with Crippen LogP contribution in [0.15, 0.2) is 53.9 Å². The number of aromatic nitrogens is 3. The predicted octanol–water partition coefficient (Wildman–Crippen LogP) is 3.55. The maximum atomic E-state index is 12.1. The number of halogens is 1. The van der Waals surface area contributed by atoms with Crippen LogP contribution in [0.4, 0.5) is 5.69 Å². The summed E-state index contributed by atoms with van der Waals surface area (Å²) in [7, 11) is 0. The van der Waals surface area contributed by atoms with Crippen LogP contribution in [-0.2, 0) is 11.3 Å². The van der Waals surface area contributed by atoms with Crippen molar-refractivity contribution < 1.29 is 9.72 Å². The number of nitrogens with zero attached hydrogens (tertiary/aromatic N) is 4. The highest BCUT2D eigenvalue weighted by Crippen LogP contribution is 2.23. The maximum absolute atomic E-state index is 12.1. The first-order valence-corrected chi connectivity index (χ1v) is 9.60. The van der Waals surface area contributed by atoms with E-state index in [0.29, 0.717) is 10.2 Å². The number of nitro groups is 1. The summed E-state index contributed by atoms with van der Waals surface area (Å²) < 4.78 is 1.76. The summed E-state index contributed by atoms with van der Waals surface area (Å²) in [4.78, 5) is 22.3. The van der Waals surface area contributed by atoms with Crippen LogP contribution in [0, 0.1) is 17.0 Å². The fraction of sp³-hybridized carbons (Fsp3) is 0.167. The molecule has 8 nitrogen and oxygen atoms in total. The van der Waals surface area contributed by atoms with Gasteiger partial charge >= 0.3 is 0 Å². The summed E-state index contributed by atoms with van der Waals surface area (Å²) in [6.07, 6.45) is 1.57. The third-order valence-electron chi connectivity index (χ3n) is 3.92. The molecule has 0 aliphatic heterocycles. The maximum Gasteiger partial charge on any atom is 0.269 e. The third kappa shape index (κ3) is 4.87. The number of amides is 1. The number of carbonyl (C=O) groups is 1. The second-order valence-corrected chi connectivity index (χ2v) is 7.26. The van der Waals surface area contributed by atoms with Gasteiger partial charge in [0.15, 0.2) is 5.16 Å². The van der Waals surface area contributed by atoms with Crippen LogP contribution in [0.1, 0.15) is 11.1 Å². The Balaban J connectivity index is 1.56. The Hall–Kier alpha value is -2.91. The van der Waals surface area contributed by atoms with Gasteiger partial charge < -0.3 is 5.32 Å². The monoisotopic (exact) mass is 417 g/mol. The van der Waals surface area contributed by atoms with Crippen LogP contribution in [0.5, 0.6) is 0 Å². The van der Waals surface area contributed by atoms with E-state index in [9.17, 15) is 14.9 Å². The first-order chi connectivity index (χ1) is 13.4. The zero-order chi connectivity index (χ0) is 20.1. The Labute approximate surface area is 170 Å². The molecule has 0 saturated heterocycles. The number of rotatable bonds is 7. The van der Waals surface area contributed by atoms with Gasteiger partial charge in [0.1, 0.15) is 6.33 Å². The number of benzene rings is 2. The van der Waals surface area contributed by atoms with Crippen molar-refractivity contribution in [1.82, 2.24) is 20.1 Å². The van der Waals surface area contributed by atoms with Gasteiger partial charge in [-0.3, -0.25) is 19.5 Å². The molecule has 0 aliphatic rings. The van der Waals surface area contributed by atoms with E-state index in [1.165, 1.54) is 23.9 Å². The van der Waals surface area contributed by atoms with E-state index in [1.807, 2.05) is 25.1 Å². The van der Waals surface area contributed by atoms with Crippen molar-refractivity contribution in [2.45, 2.75) is 18.6 Å². The van der Waals surface area contributed by atoms with Crippen LogP contribution in [0.2, 0.25) is 5.02 Å². The number of aryl methyl sites for hydroxylation is 1. The zero-order valence-electron chi connectivity index (χ0n) is 14.8. The molecule has 0 bridgehead atoms. The number of hydrogen-bond donors (Lipinski definition) is 1. The van der Waals surface area contributed by atoms with Crippen molar-refractivity contribution in [2.75, 3.05) is 5.75 Å². The highest BCUT2D eigenvalue weighted by molar-refractivity contribution is 7.99. The van der Waals surface area contributed by atoms with Gasteiger partial charge in [-0.2, -0.15) is 0 Å². The molecule has 0 aliphatic carbocycles. The molecule has 1 heterocycles. The van der Waals surface area contributed by atoms with Gasteiger partial charge in [-0.05, 0) is 30.2 Å². The Morgan fingerprint density at radius 3 is 2.71 bits per heavy atom. The van der Waals surface area contributed by atoms with Gasteiger partial charge in [0.25, 0.3) is 5.69 Å². The van der Waals surface area contributed by atoms with E-state index in [0.717, 1.165) is 16.8 Å². The molecule has 1 amide bonds. The number of nitrogens with one attached hydrogen (secondary N) is 1. The topological polar surface area (TPSA) is 103 Å². The van der Waals surface area contributed by atoms with Crippen LogP contribution in [-0.4, -0.2) is 31.3 Å². The largest absolute Gasteiger partial charge is 0.351 e. The van der Waals surface area contributed by atoms with Crippen molar-refractivity contribution in [3.05, 3.63) is 75.1 Å². The minimum atomic E-state index is -0.462. The first-order valence-electron chi connectivity index (χ1n) is 8.23. The molecule has 0 atom stereocenters. The summed E-state index contributed by atoms with van der Waals surface area (Å²) in [6.45, 7) is 2.21. The number of thioether (sulfide) groups is 1. The Kier molecular flexibility index (Phi) is 6.27. The molecule has 2 aromatic carbocycles. The molecule has 1 N–H and O–H groups in total. The average molecular weight is 418 g/mol. The van der Waals surface area contributed by atoms with Crippen LogP contribution in [0.25, 0.3) is 5.69 Å². The van der Waals surface area contributed by atoms with E-state index < -0.39 is 4.92 Å². The molecule has 0 fully saturated rings. The standard InChI is InChI=1S/C18H16ClN5O3S/c1-12-2-5-15(8-16(12)19)23-11-21-22-18(23)28-10-17(25)20-9-13-3-6-14(7-4-13)24(26)27/h2-8,11H,9-10H2,1H3,(H,20,25). The van der Waals surface area contributed by atoms with Crippen molar-refractivity contribution >= 4 is 35.0 Å². The predicted molar refractivity (Wildman–Crippen MR) is 107 cm³/mol. The highest BCUT2D eigenvalue weighted by Gasteiger charge is 2.11. The lowest BCUT2D eigenvalue weighted by Crippen LogP contribution is -2.24. The van der Waals surface area contributed by atoms with E-state index >= 15 is 0 Å². The summed E-state index contributed by atoms with van der Waals surface area (Å²) in [5.74, 6) is -0.0227. The second kappa shape index (κ2) is 8.85. The average Bonchev–Trinajstić information content (AvgIpc) is 3.16. The summed E-state index contributed by atoms with van der Waals surface area (Å²) in [5, 5.41) is 22.6. The lowest BCUT2D eigenvalue weighted by molar-refractivity contribution is -0.384. The Morgan fingerprint density at radius 1 is 1.29 bits per heavy atom. The minimum absolute atomic E-state index is 0.0150. The van der Waals surface area contributed by atoms with Gasteiger partial charge in [-0.25, -0.2) is 0 Å². The normalized spacial score (nSPS) is 10.6. The highest BCUT2D eigenvalue weighted by atomic mass is 35.5. The smallest absolute Gasteiger partial charge is 0.269 e. The molecule has 0 radical (unpaired) electrons. The third-order valence-corrected chi connectivity index (χ3v) is 5.27. The van der Waals surface area contributed by atoms with Crippen molar-refractivity contribution in [1.29, 1.82) is 0 Å². The summed E-state index contributed by atoms with van der Waals surface area (Å²) in [5.41, 5.74) is 2.58. The lowest BCUT2D eigenvalue weighted by atomic mass is 10.2. The second-order valence-electron chi connectivity index (χ2n) is 5.91. The number of non-ortho nitro benzene ring substituents is 1. The SMILES string of the molecule is Cc1ccc(-n2cnnc2SCC(=O)NCc2ccc([N+](=O)[O-])cc2)cc1Cl. The van der Waals surface area contributed by atoms with E-state index in [2.05, 4.69) is 15.5 Å². The van der Waals surface area contributed by atoms with Crippen molar-refractivity contribution in [2.24, 2.45) is 0 Å². The molecule has 144 valence electrons. The lowest BCUT2D eigenvalue weighted by Gasteiger charge is -2.08.